The van der Waals surface area contributed by atoms with Crippen molar-refractivity contribution in [1.29, 1.82) is 0 Å². The molecule has 0 bridgehead atoms. The van der Waals surface area contributed by atoms with Crippen LogP contribution in [0.4, 0.5) is 10.1 Å². The summed E-state index contributed by atoms with van der Waals surface area (Å²) < 4.78 is 19.0. The minimum absolute atomic E-state index is 0.224. The molecule has 17 heavy (non-hydrogen) atoms. The first-order valence-electron chi connectivity index (χ1n) is 5.84. The molecule has 0 heterocycles. The van der Waals surface area contributed by atoms with Crippen molar-refractivity contribution in [1.82, 2.24) is 0 Å². The Labute approximate surface area is 102 Å². The summed E-state index contributed by atoms with van der Waals surface area (Å²) in [5.74, 6) is -0.224. The minimum atomic E-state index is -0.224. The van der Waals surface area contributed by atoms with Crippen molar-refractivity contribution in [2.75, 3.05) is 25.2 Å². The maximum Gasteiger partial charge on any atom is 0.146 e. The van der Waals surface area contributed by atoms with Crippen molar-refractivity contribution in [3.63, 3.8) is 0 Å². The van der Waals surface area contributed by atoms with Crippen molar-refractivity contribution < 1.29 is 9.13 Å². The first-order valence-corrected chi connectivity index (χ1v) is 5.84. The van der Waals surface area contributed by atoms with Crippen molar-refractivity contribution in [3.05, 3.63) is 29.6 Å². The average Bonchev–Trinajstić information content (AvgIpc) is 2.30. The zero-order valence-electron chi connectivity index (χ0n) is 10.7. The van der Waals surface area contributed by atoms with Gasteiger partial charge in [-0.05, 0) is 31.5 Å². The number of hydrogen-bond acceptors (Lipinski definition) is 3. The van der Waals surface area contributed by atoms with Gasteiger partial charge in [-0.1, -0.05) is 6.07 Å². The monoisotopic (exact) mass is 240 g/mol. The summed E-state index contributed by atoms with van der Waals surface area (Å²) in [6.45, 7) is 5.68. The molecule has 1 aromatic carbocycles. The maximum atomic E-state index is 13.9. The summed E-state index contributed by atoms with van der Waals surface area (Å²) in [6.07, 6.45) is 0. The van der Waals surface area contributed by atoms with Gasteiger partial charge in [-0.25, -0.2) is 4.39 Å². The van der Waals surface area contributed by atoms with E-state index in [0.29, 0.717) is 25.4 Å². The molecule has 96 valence electrons. The lowest BCUT2D eigenvalue weighted by molar-refractivity contribution is 0.203. The fraction of sp³-hybridized carbons (Fsp3) is 0.538. The SMILES string of the molecule is COCCN(c1ccc(CN)cc1F)C(C)C. The lowest BCUT2D eigenvalue weighted by Gasteiger charge is -2.29. The Morgan fingerprint density at radius 1 is 1.41 bits per heavy atom. The molecule has 0 spiro atoms. The zero-order chi connectivity index (χ0) is 12.8. The number of ether oxygens (including phenoxy) is 1. The molecule has 0 aliphatic rings. The molecule has 0 aromatic heterocycles. The van der Waals surface area contributed by atoms with Gasteiger partial charge in [0.05, 0.1) is 12.3 Å². The molecule has 0 radical (unpaired) electrons. The van der Waals surface area contributed by atoms with Gasteiger partial charge in [0.2, 0.25) is 0 Å². The lowest BCUT2D eigenvalue weighted by Crippen LogP contribution is -2.34. The molecule has 0 saturated heterocycles. The second-order valence-corrected chi connectivity index (χ2v) is 4.27. The van der Waals surface area contributed by atoms with Gasteiger partial charge in [0, 0.05) is 26.2 Å². The largest absolute Gasteiger partial charge is 0.383 e. The Kier molecular flexibility index (Phi) is 5.38. The molecule has 0 aliphatic heterocycles. The van der Waals surface area contributed by atoms with E-state index in [2.05, 4.69) is 0 Å². The molecular weight excluding hydrogens is 219 g/mol. The van der Waals surface area contributed by atoms with E-state index in [-0.39, 0.29) is 11.9 Å². The topological polar surface area (TPSA) is 38.5 Å². The first-order chi connectivity index (χ1) is 8.10. The Balaban J connectivity index is 2.93. The molecule has 0 unspecified atom stereocenters. The third-order valence-corrected chi connectivity index (χ3v) is 2.72. The van der Waals surface area contributed by atoms with Gasteiger partial charge in [-0.15, -0.1) is 0 Å². The highest BCUT2D eigenvalue weighted by Crippen LogP contribution is 2.22. The highest BCUT2D eigenvalue weighted by atomic mass is 19.1. The Morgan fingerprint density at radius 3 is 2.59 bits per heavy atom. The average molecular weight is 240 g/mol. The van der Waals surface area contributed by atoms with Gasteiger partial charge in [0.1, 0.15) is 5.82 Å². The Morgan fingerprint density at radius 2 is 2.12 bits per heavy atom. The zero-order valence-corrected chi connectivity index (χ0v) is 10.7. The molecule has 0 aliphatic carbocycles. The quantitative estimate of drug-likeness (QED) is 0.828. The summed E-state index contributed by atoms with van der Waals surface area (Å²) >= 11 is 0. The number of halogens is 1. The van der Waals surface area contributed by atoms with E-state index in [1.807, 2.05) is 24.8 Å². The van der Waals surface area contributed by atoms with Crippen molar-refractivity contribution in [2.24, 2.45) is 5.73 Å². The second kappa shape index (κ2) is 6.57. The van der Waals surface area contributed by atoms with Crippen LogP contribution in [-0.2, 0) is 11.3 Å². The molecule has 0 amide bonds. The highest BCUT2D eigenvalue weighted by molar-refractivity contribution is 5.50. The molecule has 0 fully saturated rings. The number of hydrogen-bond donors (Lipinski definition) is 1. The molecule has 1 rings (SSSR count). The summed E-state index contributed by atoms with van der Waals surface area (Å²) in [5.41, 5.74) is 6.90. The summed E-state index contributed by atoms with van der Waals surface area (Å²) in [5, 5.41) is 0. The van der Waals surface area contributed by atoms with Crippen LogP contribution in [0.3, 0.4) is 0 Å². The molecule has 3 nitrogen and oxygen atoms in total. The van der Waals surface area contributed by atoms with E-state index in [9.17, 15) is 4.39 Å². The van der Waals surface area contributed by atoms with Crippen LogP contribution in [0.5, 0.6) is 0 Å². The Hall–Kier alpha value is -1.13. The number of nitrogens with two attached hydrogens (primary N) is 1. The number of methoxy groups -OCH3 is 1. The van der Waals surface area contributed by atoms with Gasteiger partial charge in [0.25, 0.3) is 0 Å². The van der Waals surface area contributed by atoms with Crippen molar-refractivity contribution >= 4 is 5.69 Å². The van der Waals surface area contributed by atoms with E-state index in [4.69, 9.17) is 10.5 Å². The van der Waals surface area contributed by atoms with E-state index >= 15 is 0 Å². The maximum absolute atomic E-state index is 13.9. The number of nitrogens with zero attached hydrogens (tertiary/aromatic N) is 1. The smallest absolute Gasteiger partial charge is 0.146 e. The van der Waals surface area contributed by atoms with Crippen LogP contribution in [0.15, 0.2) is 18.2 Å². The summed E-state index contributed by atoms with van der Waals surface area (Å²) in [4.78, 5) is 1.99. The lowest BCUT2D eigenvalue weighted by atomic mass is 10.1. The van der Waals surface area contributed by atoms with Crippen LogP contribution < -0.4 is 10.6 Å². The predicted octanol–water partition coefficient (Wildman–Crippen LogP) is 2.15. The fourth-order valence-electron chi connectivity index (χ4n) is 1.76. The van der Waals surface area contributed by atoms with E-state index in [0.717, 1.165) is 5.56 Å². The number of rotatable bonds is 6. The highest BCUT2D eigenvalue weighted by Gasteiger charge is 2.14. The van der Waals surface area contributed by atoms with Crippen LogP contribution in [0, 0.1) is 5.82 Å². The normalized spacial score (nSPS) is 10.9. The van der Waals surface area contributed by atoms with Crippen LogP contribution in [0.1, 0.15) is 19.4 Å². The van der Waals surface area contributed by atoms with Gasteiger partial charge in [-0.3, -0.25) is 0 Å². The first kappa shape index (κ1) is 13.9. The van der Waals surface area contributed by atoms with Crippen molar-refractivity contribution in [2.45, 2.75) is 26.4 Å². The third kappa shape index (κ3) is 3.68. The number of benzene rings is 1. The summed E-state index contributed by atoms with van der Waals surface area (Å²) in [7, 11) is 1.65. The minimum Gasteiger partial charge on any atom is -0.383 e. The van der Waals surface area contributed by atoms with Gasteiger partial charge in [0.15, 0.2) is 0 Å². The fourth-order valence-corrected chi connectivity index (χ4v) is 1.76. The predicted molar refractivity (Wildman–Crippen MR) is 68.6 cm³/mol. The van der Waals surface area contributed by atoms with Gasteiger partial charge < -0.3 is 15.4 Å². The molecular formula is C13H21FN2O. The molecule has 2 N–H and O–H groups in total. The number of anilines is 1. The van der Waals surface area contributed by atoms with Crippen LogP contribution >= 0.6 is 0 Å². The molecule has 0 saturated carbocycles. The molecule has 1 aromatic rings. The van der Waals surface area contributed by atoms with Crippen molar-refractivity contribution in [3.8, 4) is 0 Å². The van der Waals surface area contributed by atoms with E-state index in [1.165, 1.54) is 6.07 Å². The van der Waals surface area contributed by atoms with E-state index in [1.54, 1.807) is 13.2 Å². The van der Waals surface area contributed by atoms with E-state index < -0.39 is 0 Å². The molecule has 0 atom stereocenters. The summed E-state index contributed by atoms with van der Waals surface area (Å²) in [6, 6.07) is 5.37. The van der Waals surface area contributed by atoms with Crippen LogP contribution in [-0.4, -0.2) is 26.3 Å². The second-order valence-electron chi connectivity index (χ2n) is 4.27. The third-order valence-electron chi connectivity index (χ3n) is 2.72. The van der Waals surface area contributed by atoms with Crippen LogP contribution in [0.25, 0.3) is 0 Å². The standard InChI is InChI=1S/C13H21FN2O/c1-10(2)16(6-7-17-3)13-5-4-11(9-15)8-12(13)14/h4-5,8,10H,6-7,9,15H2,1-3H3. The van der Waals surface area contributed by atoms with Gasteiger partial charge >= 0.3 is 0 Å². The van der Waals surface area contributed by atoms with Crippen LogP contribution in [0.2, 0.25) is 0 Å². The Bertz CT molecular complexity index is 355. The molecule has 4 heteroatoms. The van der Waals surface area contributed by atoms with Gasteiger partial charge in [-0.2, -0.15) is 0 Å².